The van der Waals surface area contributed by atoms with Crippen LogP contribution in [0.5, 0.6) is 0 Å². The molecule has 96 valence electrons. The Balaban J connectivity index is 2.91. The van der Waals surface area contributed by atoms with Crippen LogP contribution in [0.15, 0.2) is 16.6 Å². The molecule has 0 saturated heterocycles. The van der Waals surface area contributed by atoms with Gasteiger partial charge in [0.1, 0.15) is 17.0 Å². The fourth-order valence-corrected chi connectivity index (χ4v) is 2.08. The summed E-state index contributed by atoms with van der Waals surface area (Å²) in [6, 6.07) is 1.15. The summed E-state index contributed by atoms with van der Waals surface area (Å²) in [5.74, 6) is -2.05. The molecular weight excluding hydrogens is 344 g/mol. The number of hydrogen-bond donors (Lipinski definition) is 0. The van der Waals surface area contributed by atoms with Crippen LogP contribution in [0.2, 0.25) is 5.02 Å². The van der Waals surface area contributed by atoms with Crippen LogP contribution in [0, 0.1) is 11.6 Å². The molecule has 0 aliphatic carbocycles. The number of benzene rings is 1. The third-order valence-corrected chi connectivity index (χ3v) is 3.05. The van der Waals surface area contributed by atoms with Crippen molar-refractivity contribution >= 4 is 38.4 Å². The largest absolute Gasteiger partial charge is 0.433 e. The van der Waals surface area contributed by atoms with Crippen LogP contribution in [0.4, 0.5) is 22.0 Å². The summed E-state index contributed by atoms with van der Waals surface area (Å²) in [4.78, 5) is 3.06. The van der Waals surface area contributed by atoms with Gasteiger partial charge in [-0.2, -0.15) is 13.2 Å². The predicted octanol–water partition coefficient (Wildman–Crippen LogP) is 4.95. The molecule has 1 nitrogen and oxygen atoms in total. The lowest BCUT2D eigenvalue weighted by atomic mass is 10.2. The zero-order valence-corrected chi connectivity index (χ0v) is 10.6. The Bertz CT molecular complexity index is 640. The Morgan fingerprint density at radius 3 is 2.33 bits per heavy atom. The van der Waals surface area contributed by atoms with Crippen molar-refractivity contribution in [2.24, 2.45) is 0 Å². The first-order chi connectivity index (χ1) is 8.21. The minimum absolute atomic E-state index is 0.240. The van der Waals surface area contributed by atoms with Gasteiger partial charge in [-0.1, -0.05) is 11.6 Å². The third kappa shape index (κ3) is 2.16. The highest BCUT2D eigenvalue weighted by atomic mass is 79.9. The fourth-order valence-electron chi connectivity index (χ4n) is 1.40. The van der Waals surface area contributed by atoms with Crippen molar-refractivity contribution < 1.29 is 22.0 Å². The van der Waals surface area contributed by atoms with Crippen molar-refractivity contribution in [1.82, 2.24) is 4.98 Å². The molecule has 0 aliphatic heterocycles. The van der Waals surface area contributed by atoms with Gasteiger partial charge < -0.3 is 0 Å². The van der Waals surface area contributed by atoms with Gasteiger partial charge in [0.2, 0.25) is 0 Å². The molecule has 1 heterocycles. The van der Waals surface area contributed by atoms with E-state index >= 15 is 0 Å². The Morgan fingerprint density at radius 2 is 1.78 bits per heavy atom. The highest BCUT2D eigenvalue weighted by molar-refractivity contribution is 9.10. The molecule has 8 heteroatoms. The summed E-state index contributed by atoms with van der Waals surface area (Å²) in [5.41, 5.74) is -2.13. The Labute approximate surface area is 111 Å². The lowest BCUT2D eigenvalue weighted by Crippen LogP contribution is -2.09. The van der Waals surface area contributed by atoms with E-state index in [-0.39, 0.29) is 4.47 Å². The number of fused-ring (bicyclic) bond motifs is 1. The van der Waals surface area contributed by atoms with E-state index in [1.165, 1.54) is 0 Å². The summed E-state index contributed by atoms with van der Waals surface area (Å²) in [6.45, 7) is 0. The maximum Gasteiger partial charge on any atom is 0.433 e. The van der Waals surface area contributed by atoms with Crippen LogP contribution in [-0.4, -0.2) is 4.98 Å². The summed E-state index contributed by atoms with van der Waals surface area (Å²) in [7, 11) is 0. The van der Waals surface area contributed by atoms with Crippen molar-refractivity contribution in [3.8, 4) is 0 Å². The molecule has 1 aromatic heterocycles. The maximum absolute atomic E-state index is 13.6. The first-order valence-electron chi connectivity index (χ1n) is 4.42. The lowest BCUT2D eigenvalue weighted by molar-refractivity contribution is -0.140. The van der Waals surface area contributed by atoms with Crippen LogP contribution in [0.25, 0.3) is 10.9 Å². The van der Waals surface area contributed by atoms with Crippen LogP contribution in [0.1, 0.15) is 5.69 Å². The molecule has 0 radical (unpaired) electrons. The highest BCUT2D eigenvalue weighted by Gasteiger charge is 2.34. The van der Waals surface area contributed by atoms with E-state index in [1.807, 2.05) is 0 Å². The molecule has 18 heavy (non-hydrogen) atoms. The van der Waals surface area contributed by atoms with E-state index in [0.29, 0.717) is 12.1 Å². The SMILES string of the molecule is Fc1cc(Br)c(F)c2c(Cl)cc(C(F)(F)F)nc12. The molecule has 0 fully saturated rings. The zero-order chi connectivity index (χ0) is 13.7. The van der Waals surface area contributed by atoms with Gasteiger partial charge in [-0.05, 0) is 28.1 Å². The normalized spacial score (nSPS) is 12.2. The number of pyridine rings is 1. The Morgan fingerprint density at radius 1 is 1.17 bits per heavy atom. The van der Waals surface area contributed by atoms with Crippen LogP contribution < -0.4 is 0 Å². The van der Waals surface area contributed by atoms with Crippen LogP contribution in [0.3, 0.4) is 0 Å². The van der Waals surface area contributed by atoms with E-state index in [1.54, 1.807) is 0 Å². The second-order valence-corrected chi connectivity index (χ2v) is 4.63. The standard InChI is InChI=1S/C10H2BrClF5N/c11-3-1-5(13)9-7(8(3)14)4(12)2-6(18-9)10(15,16)17/h1-2H. The van der Waals surface area contributed by atoms with Gasteiger partial charge in [0.15, 0.2) is 5.82 Å². The topological polar surface area (TPSA) is 12.9 Å². The number of aromatic nitrogens is 1. The van der Waals surface area contributed by atoms with Gasteiger partial charge in [-0.15, -0.1) is 0 Å². The molecule has 1 aromatic carbocycles. The highest BCUT2D eigenvalue weighted by Crippen LogP contribution is 2.36. The van der Waals surface area contributed by atoms with Gasteiger partial charge in [0, 0.05) is 0 Å². The summed E-state index contributed by atoms with van der Waals surface area (Å²) >= 11 is 8.29. The smallest absolute Gasteiger partial charge is 0.240 e. The van der Waals surface area contributed by atoms with E-state index in [0.717, 1.165) is 0 Å². The number of alkyl halides is 3. The molecule has 0 bridgehead atoms. The molecule has 0 aliphatic rings. The van der Waals surface area contributed by atoms with E-state index in [4.69, 9.17) is 11.6 Å². The van der Waals surface area contributed by atoms with Crippen molar-refractivity contribution in [2.75, 3.05) is 0 Å². The minimum atomic E-state index is -4.78. The van der Waals surface area contributed by atoms with Crippen molar-refractivity contribution in [3.05, 3.63) is 39.0 Å². The maximum atomic E-state index is 13.6. The lowest BCUT2D eigenvalue weighted by Gasteiger charge is -2.10. The molecule has 0 amide bonds. The van der Waals surface area contributed by atoms with Crippen molar-refractivity contribution in [3.63, 3.8) is 0 Å². The Kier molecular flexibility index (Phi) is 3.23. The average molecular weight is 346 g/mol. The minimum Gasteiger partial charge on any atom is -0.240 e. The summed E-state index contributed by atoms with van der Waals surface area (Å²) in [5, 5.41) is -1.04. The number of hydrogen-bond acceptors (Lipinski definition) is 1. The van der Waals surface area contributed by atoms with Crippen molar-refractivity contribution in [1.29, 1.82) is 0 Å². The van der Waals surface area contributed by atoms with Gasteiger partial charge in [0.05, 0.1) is 14.9 Å². The van der Waals surface area contributed by atoms with Gasteiger partial charge in [-0.3, -0.25) is 0 Å². The van der Waals surface area contributed by atoms with E-state index in [9.17, 15) is 22.0 Å². The molecule has 0 N–H and O–H groups in total. The molecule has 0 atom stereocenters. The average Bonchev–Trinajstić information content (AvgIpc) is 2.24. The first kappa shape index (κ1) is 13.5. The van der Waals surface area contributed by atoms with Crippen LogP contribution >= 0.6 is 27.5 Å². The quantitative estimate of drug-likeness (QED) is 0.486. The molecule has 2 rings (SSSR count). The third-order valence-electron chi connectivity index (χ3n) is 2.17. The van der Waals surface area contributed by atoms with Crippen molar-refractivity contribution in [2.45, 2.75) is 6.18 Å². The number of halogens is 7. The molecule has 0 unspecified atom stereocenters. The molecular formula is C10H2BrClF5N. The monoisotopic (exact) mass is 345 g/mol. The predicted molar refractivity (Wildman–Crippen MR) is 59.4 cm³/mol. The second kappa shape index (κ2) is 4.31. The Hall–Kier alpha value is -0.950. The van der Waals surface area contributed by atoms with Gasteiger partial charge in [-0.25, -0.2) is 13.8 Å². The fraction of sp³-hybridized carbons (Fsp3) is 0.100. The summed E-state index contributed by atoms with van der Waals surface area (Å²) in [6.07, 6.45) is -4.78. The van der Waals surface area contributed by atoms with Crippen LogP contribution in [-0.2, 0) is 6.18 Å². The van der Waals surface area contributed by atoms with Gasteiger partial charge >= 0.3 is 6.18 Å². The van der Waals surface area contributed by atoms with Gasteiger partial charge in [0.25, 0.3) is 0 Å². The summed E-state index contributed by atoms with van der Waals surface area (Å²) < 4.78 is 64.3. The zero-order valence-electron chi connectivity index (χ0n) is 8.25. The second-order valence-electron chi connectivity index (χ2n) is 3.36. The first-order valence-corrected chi connectivity index (χ1v) is 5.60. The molecule has 2 aromatic rings. The molecule has 0 saturated carbocycles. The molecule has 0 spiro atoms. The van der Waals surface area contributed by atoms with E-state index in [2.05, 4.69) is 20.9 Å². The number of nitrogens with zero attached hydrogens (tertiary/aromatic N) is 1. The van der Waals surface area contributed by atoms with E-state index < -0.39 is 39.4 Å². The number of rotatable bonds is 0.